The van der Waals surface area contributed by atoms with Gasteiger partial charge in [0.05, 0.1) is 24.9 Å². The van der Waals surface area contributed by atoms with Crippen LogP contribution < -0.4 is 10.6 Å². The fraction of sp³-hybridized carbons (Fsp3) is 0.615. The molecule has 0 saturated carbocycles. The van der Waals surface area contributed by atoms with Crippen LogP contribution in [0.4, 0.5) is 8.78 Å². The lowest BCUT2D eigenvalue weighted by Gasteiger charge is -2.12. The number of thioether (sulfide) groups is 1. The molecule has 8 heteroatoms. The molecule has 1 rings (SSSR count). The van der Waals surface area contributed by atoms with E-state index in [1.807, 2.05) is 0 Å². The van der Waals surface area contributed by atoms with Gasteiger partial charge in [-0.3, -0.25) is 10.1 Å². The van der Waals surface area contributed by atoms with Crippen molar-refractivity contribution in [1.29, 1.82) is 0 Å². The normalized spacial score (nSPS) is 12.6. The Morgan fingerprint density at radius 1 is 1.43 bits per heavy atom. The van der Waals surface area contributed by atoms with Gasteiger partial charge in [0, 0.05) is 13.7 Å². The highest BCUT2D eigenvalue weighted by Crippen LogP contribution is 2.21. The lowest BCUT2D eigenvalue weighted by Crippen LogP contribution is -2.42. The van der Waals surface area contributed by atoms with Gasteiger partial charge in [-0.15, -0.1) is 0 Å². The van der Waals surface area contributed by atoms with Crippen molar-refractivity contribution in [2.45, 2.75) is 31.0 Å². The molecule has 5 nitrogen and oxygen atoms in total. The molecule has 0 aliphatic rings. The molecule has 0 aliphatic carbocycles. The van der Waals surface area contributed by atoms with Crippen molar-refractivity contribution in [1.82, 2.24) is 10.6 Å². The lowest BCUT2D eigenvalue weighted by molar-refractivity contribution is -0.123. The van der Waals surface area contributed by atoms with Crippen molar-refractivity contribution in [3.63, 3.8) is 0 Å². The zero-order valence-electron chi connectivity index (χ0n) is 12.0. The Morgan fingerprint density at radius 2 is 2.14 bits per heavy atom. The second kappa shape index (κ2) is 9.75. The lowest BCUT2D eigenvalue weighted by atomic mass is 10.3. The zero-order chi connectivity index (χ0) is 15.7. The first kappa shape index (κ1) is 17.9. The Hall–Kier alpha value is -1.12. The smallest absolute Gasteiger partial charge is 0.284 e. The molecular weight excluding hydrogens is 302 g/mol. The van der Waals surface area contributed by atoms with Gasteiger partial charge in [0.15, 0.2) is 0 Å². The summed E-state index contributed by atoms with van der Waals surface area (Å²) in [5.41, 5.74) is 0. The minimum absolute atomic E-state index is 0.130. The van der Waals surface area contributed by atoms with Gasteiger partial charge in [-0.1, -0.05) is 11.8 Å². The molecule has 0 aromatic carbocycles. The molecule has 1 unspecified atom stereocenters. The molecule has 1 aromatic rings. The maximum Gasteiger partial charge on any atom is 0.284 e. The number of carbonyl (C=O) groups is 1. The fourth-order valence-electron chi connectivity index (χ4n) is 1.52. The third-order valence-electron chi connectivity index (χ3n) is 2.65. The summed E-state index contributed by atoms with van der Waals surface area (Å²) < 4.78 is 34.3. The molecule has 0 spiro atoms. The molecule has 1 amide bonds. The van der Waals surface area contributed by atoms with Crippen LogP contribution >= 0.6 is 11.8 Å². The van der Waals surface area contributed by atoms with Gasteiger partial charge >= 0.3 is 0 Å². The zero-order valence-corrected chi connectivity index (χ0v) is 12.8. The Kier molecular flexibility index (Phi) is 8.33. The molecule has 1 heterocycles. The van der Waals surface area contributed by atoms with Crippen LogP contribution in [-0.2, 0) is 21.8 Å². The van der Waals surface area contributed by atoms with Crippen molar-refractivity contribution in [2.24, 2.45) is 0 Å². The topological polar surface area (TPSA) is 63.5 Å². The van der Waals surface area contributed by atoms with E-state index in [1.54, 1.807) is 26.2 Å². The Bertz CT molecular complexity index is 429. The molecule has 0 saturated heterocycles. The monoisotopic (exact) mass is 322 g/mol. The second-order valence-electron chi connectivity index (χ2n) is 4.33. The molecule has 0 radical (unpaired) electrons. The van der Waals surface area contributed by atoms with Crippen LogP contribution in [0.5, 0.6) is 0 Å². The number of rotatable bonds is 10. The predicted octanol–water partition coefficient (Wildman–Crippen LogP) is 1.98. The van der Waals surface area contributed by atoms with Gasteiger partial charge in [0.2, 0.25) is 5.91 Å². The summed E-state index contributed by atoms with van der Waals surface area (Å²) in [7, 11) is 1.56. The average molecular weight is 322 g/mol. The molecule has 21 heavy (non-hydrogen) atoms. The number of nitrogens with one attached hydrogen (secondary N) is 2. The van der Waals surface area contributed by atoms with E-state index in [-0.39, 0.29) is 17.7 Å². The summed E-state index contributed by atoms with van der Waals surface area (Å²) in [4.78, 5) is 11.7. The molecule has 1 aromatic heterocycles. The minimum Gasteiger partial charge on any atom is -0.464 e. The first-order valence-corrected chi connectivity index (χ1v) is 7.55. The fourth-order valence-corrected chi connectivity index (χ4v) is 1.96. The third kappa shape index (κ3) is 7.45. The highest BCUT2D eigenvalue weighted by atomic mass is 32.2. The van der Waals surface area contributed by atoms with Crippen LogP contribution in [0.25, 0.3) is 0 Å². The van der Waals surface area contributed by atoms with Gasteiger partial charge < -0.3 is 14.5 Å². The van der Waals surface area contributed by atoms with E-state index < -0.39 is 5.76 Å². The van der Waals surface area contributed by atoms with Gasteiger partial charge in [-0.2, -0.15) is 8.78 Å². The molecule has 0 aliphatic heterocycles. The van der Waals surface area contributed by atoms with E-state index in [9.17, 15) is 13.6 Å². The van der Waals surface area contributed by atoms with Crippen LogP contribution in [-0.4, -0.2) is 38.0 Å². The second-order valence-corrected chi connectivity index (χ2v) is 5.30. The van der Waals surface area contributed by atoms with Gasteiger partial charge in [-0.05, 0) is 19.1 Å². The summed E-state index contributed by atoms with van der Waals surface area (Å²) >= 11 is 0.515. The highest BCUT2D eigenvalue weighted by molar-refractivity contribution is 7.98. The quantitative estimate of drug-likeness (QED) is 0.645. The summed E-state index contributed by atoms with van der Waals surface area (Å²) in [6.45, 7) is 3.01. The van der Waals surface area contributed by atoms with Crippen molar-refractivity contribution in [2.75, 3.05) is 20.3 Å². The molecule has 0 bridgehead atoms. The van der Waals surface area contributed by atoms with Gasteiger partial charge in [0.25, 0.3) is 5.76 Å². The van der Waals surface area contributed by atoms with Crippen LogP contribution in [0.15, 0.2) is 16.5 Å². The standard InChI is InChI=1S/C13H20F2N2O3S/c1-9(12(18)16-5-6-19-2)17-7-10-3-4-11(20-10)8-21-13(14)15/h3-4,9,13,17H,5-8H2,1-2H3,(H,16,18). The Morgan fingerprint density at radius 3 is 2.81 bits per heavy atom. The largest absolute Gasteiger partial charge is 0.464 e. The van der Waals surface area contributed by atoms with E-state index in [4.69, 9.17) is 9.15 Å². The van der Waals surface area contributed by atoms with E-state index in [2.05, 4.69) is 10.6 Å². The van der Waals surface area contributed by atoms with Gasteiger partial charge in [-0.25, -0.2) is 0 Å². The van der Waals surface area contributed by atoms with E-state index in [1.165, 1.54) is 0 Å². The average Bonchev–Trinajstić information content (AvgIpc) is 2.90. The first-order chi connectivity index (χ1) is 10.0. The number of halogens is 2. The number of amides is 1. The van der Waals surface area contributed by atoms with Crippen molar-refractivity contribution >= 4 is 17.7 Å². The van der Waals surface area contributed by atoms with Crippen LogP contribution in [0.3, 0.4) is 0 Å². The molecule has 1 atom stereocenters. The SMILES string of the molecule is COCCNC(=O)C(C)NCc1ccc(CSC(F)F)o1. The summed E-state index contributed by atoms with van der Waals surface area (Å²) in [5, 5.41) is 5.72. The predicted molar refractivity (Wildman–Crippen MR) is 77.2 cm³/mol. The number of carbonyl (C=O) groups excluding carboxylic acids is 1. The summed E-state index contributed by atoms with van der Waals surface area (Å²) in [6, 6.07) is 2.99. The summed E-state index contributed by atoms with van der Waals surface area (Å²) in [5.74, 6) is -1.31. The van der Waals surface area contributed by atoms with Crippen molar-refractivity contribution in [3.05, 3.63) is 23.7 Å². The minimum atomic E-state index is -2.41. The number of furan rings is 1. The maximum atomic E-state index is 12.1. The van der Waals surface area contributed by atoms with E-state index in [0.717, 1.165) is 0 Å². The number of hydrogen-bond acceptors (Lipinski definition) is 5. The summed E-state index contributed by atoms with van der Waals surface area (Å²) in [6.07, 6.45) is 0. The van der Waals surface area contributed by atoms with Crippen LogP contribution in [0, 0.1) is 0 Å². The number of alkyl halides is 2. The molecule has 0 fully saturated rings. The van der Waals surface area contributed by atoms with Crippen molar-refractivity contribution < 1.29 is 22.7 Å². The van der Waals surface area contributed by atoms with E-state index >= 15 is 0 Å². The molecule has 120 valence electrons. The molecule has 2 N–H and O–H groups in total. The number of hydrogen-bond donors (Lipinski definition) is 2. The van der Waals surface area contributed by atoms with Gasteiger partial charge in [0.1, 0.15) is 11.5 Å². The van der Waals surface area contributed by atoms with Crippen molar-refractivity contribution in [3.8, 4) is 0 Å². The first-order valence-electron chi connectivity index (χ1n) is 6.50. The van der Waals surface area contributed by atoms with Crippen LogP contribution in [0.1, 0.15) is 18.4 Å². The van der Waals surface area contributed by atoms with E-state index in [0.29, 0.717) is 43.0 Å². The molecular formula is C13H20F2N2O3S. The number of ether oxygens (including phenoxy) is 1. The Labute approximate surface area is 126 Å². The van der Waals surface area contributed by atoms with Crippen LogP contribution in [0.2, 0.25) is 0 Å². The Balaban J connectivity index is 2.29. The highest BCUT2D eigenvalue weighted by Gasteiger charge is 2.13. The third-order valence-corrected chi connectivity index (χ3v) is 3.35. The number of methoxy groups -OCH3 is 1. The maximum absolute atomic E-state index is 12.1.